The minimum atomic E-state index is -0.400. The van der Waals surface area contributed by atoms with Crippen molar-refractivity contribution in [3.05, 3.63) is 54.2 Å². The Morgan fingerprint density at radius 3 is 2.90 bits per heavy atom. The summed E-state index contributed by atoms with van der Waals surface area (Å²) in [6.45, 7) is 0.314. The molecule has 0 unspecified atom stereocenters. The van der Waals surface area contributed by atoms with E-state index in [1.165, 1.54) is 23.3 Å². The Bertz CT molecular complexity index is 669. The van der Waals surface area contributed by atoms with Gasteiger partial charge in [-0.2, -0.15) is 0 Å². The third-order valence-corrected chi connectivity index (χ3v) is 3.33. The van der Waals surface area contributed by atoms with Crippen LogP contribution in [0.5, 0.6) is 0 Å². The summed E-state index contributed by atoms with van der Waals surface area (Å²) in [6.07, 6.45) is 1.59. The van der Waals surface area contributed by atoms with Gasteiger partial charge in [0.25, 0.3) is 5.91 Å². The number of carbonyl (C=O) groups excluding carboxylic acids is 2. The van der Waals surface area contributed by atoms with Crippen LogP contribution in [-0.2, 0) is 4.79 Å². The molecule has 21 heavy (non-hydrogen) atoms. The van der Waals surface area contributed by atoms with Gasteiger partial charge >= 0.3 is 0 Å². The van der Waals surface area contributed by atoms with Crippen molar-refractivity contribution >= 4 is 17.5 Å². The van der Waals surface area contributed by atoms with E-state index in [1.54, 1.807) is 24.3 Å². The lowest BCUT2D eigenvalue weighted by Gasteiger charge is -2.17. The summed E-state index contributed by atoms with van der Waals surface area (Å²) in [5, 5.41) is 2.74. The molecule has 6 heteroatoms. The van der Waals surface area contributed by atoms with Gasteiger partial charge < -0.3 is 14.6 Å². The number of benzene rings is 1. The Morgan fingerprint density at radius 2 is 2.19 bits per heavy atom. The number of anilines is 1. The van der Waals surface area contributed by atoms with Crippen molar-refractivity contribution in [1.82, 2.24) is 5.32 Å². The molecule has 0 saturated carbocycles. The van der Waals surface area contributed by atoms with Gasteiger partial charge in [0.2, 0.25) is 5.91 Å². The van der Waals surface area contributed by atoms with Crippen molar-refractivity contribution in [1.29, 1.82) is 0 Å². The standard InChI is InChI=1S/C15H13FN2O3/c16-10-3-1-4-12(7-10)18-9-11(8-14(18)19)17-15(20)13-5-2-6-21-13/h1-7,11H,8-9H2,(H,17,20)/t11-/m1/s1. The number of carbonyl (C=O) groups is 2. The Labute approximate surface area is 120 Å². The second-order valence-corrected chi connectivity index (χ2v) is 4.84. The molecule has 2 amide bonds. The summed E-state index contributed by atoms with van der Waals surface area (Å²) in [4.78, 5) is 25.3. The molecule has 0 bridgehead atoms. The summed E-state index contributed by atoms with van der Waals surface area (Å²) in [5.74, 6) is -0.709. The Hall–Kier alpha value is -2.63. The molecule has 1 fully saturated rings. The molecule has 1 N–H and O–H groups in total. The molecule has 1 aromatic heterocycles. The maximum atomic E-state index is 13.2. The highest BCUT2D eigenvalue weighted by atomic mass is 19.1. The number of halogens is 1. The van der Waals surface area contributed by atoms with E-state index in [1.807, 2.05) is 0 Å². The molecule has 3 rings (SSSR count). The Kier molecular flexibility index (Phi) is 3.43. The molecule has 0 spiro atoms. The number of furan rings is 1. The highest BCUT2D eigenvalue weighted by molar-refractivity contribution is 5.98. The minimum absolute atomic E-state index is 0.148. The van der Waals surface area contributed by atoms with E-state index in [0.717, 1.165) is 0 Å². The fourth-order valence-corrected chi connectivity index (χ4v) is 2.36. The number of amides is 2. The van der Waals surface area contributed by atoms with Crippen LogP contribution >= 0.6 is 0 Å². The van der Waals surface area contributed by atoms with E-state index in [4.69, 9.17) is 4.42 Å². The molecule has 1 aromatic carbocycles. The Balaban J connectivity index is 1.69. The van der Waals surface area contributed by atoms with Crippen LogP contribution in [0, 0.1) is 5.82 Å². The van der Waals surface area contributed by atoms with Crippen LogP contribution in [0.15, 0.2) is 47.1 Å². The normalized spacial score (nSPS) is 18.0. The first-order valence-corrected chi connectivity index (χ1v) is 6.54. The van der Waals surface area contributed by atoms with Crippen molar-refractivity contribution in [2.24, 2.45) is 0 Å². The van der Waals surface area contributed by atoms with Crippen molar-refractivity contribution < 1.29 is 18.4 Å². The van der Waals surface area contributed by atoms with Crippen LogP contribution in [0.3, 0.4) is 0 Å². The van der Waals surface area contributed by atoms with Crippen LogP contribution in [-0.4, -0.2) is 24.4 Å². The first-order chi connectivity index (χ1) is 10.1. The first-order valence-electron chi connectivity index (χ1n) is 6.54. The highest BCUT2D eigenvalue weighted by Crippen LogP contribution is 2.22. The van der Waals surface area contributed by atoms with Gasteiger partial charge in [-0.15, -0.1) is 0 Å². The van der Waals surface area contributed by atoms with Crippen LogP contribution < -0.4 is 10.2 Å². The second-order valence-electron chi connectivity index (χ2n) is 4.84. The number of nitrogens with zero attached hydrogens (tertiary/aromatic N) is 1. The monoisotopic (exact) mass is 288 g/mol. The minimum Gasteiger partial charge on any atom is -0.459 e. The zero-order chi connectivity index (χ0) is 14.8. The molecule has 108 valence electrons. The third kappa shape index (κ3) is 2.79. The zero-order valence-corrected chi connectivity index (χ0v) is 11.1. The van der Waals surface area contributed by atoms with Gasteiger partial charge in [-0.05, 0) is 30.3 Å². The van der Waals surface area contributed by atoms with Gasteiger partial charge in [-0.25, -0.2) is 4.39 Å². The lowest BCUT2D eigenvalue weighted by atomic mass is 10.2. The average Bonchev–Trinajstić information content (AvgIpc) is 3.08. The predicted molar refractivity (Wildman–Crippen MR) is 73.3 cm³/mol. The summed E-state index contributed by atoms with van der Waals surface area (Å²) in [5.41, 5.74) is 0.495. The quantitative estimate of drug-likeness (QED) is 0.939. The molecule has 5 nitrogen and oxygen atoms in total. The molecule has 2 heterocycles. The summed E-state index contributed by atoms with van der Waals surface area (Å²) in [7, 11) is 0. The lowest BCUT2D eigenvalue weighted by molar-refractivity contribution is -0.117. The van der Waals surface area contributed by atoms with Gasteiger partial charge in [0.05, 0.1) is 12.3 Å². The van der Waals surface area contributed by atoms with E-state index in [0.29, 0.717) is 12.2 Å². The fraction of sp³-hybridized carbons (Fsp3) is 0.200. The third-order valence-electron chi connectivity index (χ3n) is 3.33. The fourth-order valence-electron chi connectivity index (χ4n) is 2.36. The predicted octanol–water partition coefficient (Wildman–Crippen LogP) is 1.95. The molecule has 1 atom stereocenters. The van der Waals surface area contributed by atoms with Crippen molar-refractivity contribution in [2.45, 2.75) is 12.5 Å². The second kappa shape index (κ2) is 5.40. The number of rotatable bonds is 3. The van der Waals surface area contributed by atoms with Gasteiger partial charge in [0.15, 0.2) is 5.76 Å². The summed E-state index contributed by atoms with van der Waals surface area (Å²) in [6, 6.07) is 8.68. The van der Waals surface area contributed by atoms with Crippen molar-refractivity contribution in [2.75, 3.05) is 11.4 Å². The van der Waals surface area contributed by atoms with E-state index in [9.17, 15) is 14.0 Å². The molecule has 2 aromatic rings. The molecule has 1 aliphatic rings. The number of hydrogen-bond donors (Lipinski definition) is 1. The SMILES string of the molecule is O=C(N[C@@H]1CC(=O)N(c2cccc(F)c2)C1)c1ccco1. The zero-order valence-electron chi connectivity index (χ0n) is 11.1. The molecular formula is C15H13FN2O3. The summed E-state index contributed by atoms with van der Waals surface area (Å²) >= 11 is 0. The topological polar surface area (TPSA) is 62.6 Å². The largest absolute Gasteiger partial charge is 0.459 e. The highest BCUT2D eigenvalue weighted by Gasteiger charge is 2.32. The van der Waals surface area contributed by atoms with Crippen LogP contribution in [0.25, 0.3) is 0 Å². The van der Waals surface area contributed by atoms with Gasteiger partial charge in [-0.1, -0.05) is 6.07 Å². The van der Waals surface area contributed by atoms with Gasteiger partial charge in [0.1, 0.15) is 5.82 Å². The molecular weight excluding hydrogens is 275 g/mol. The van der Waals surface area contributed by atoms with Crippen LogP contribution in [0.1, 0.15) is 17.0 Å². The maximum absolute atomic E-state index is 13.2. The van der Waals surface area contributed by atoms with E-state index >= 15 is 0 Å². The van der Waals surface area contributed by atoms with E-state index < -0.39 is 5.82 Å². The van der Waals surface area contributed by atoms with Crippen molar-refractivity contribution in [3.8, 4) is 0 Å². The maximum Gasteiger partial charge on any atom is 0.287 e. The molecule has 0 aliphatic carbocycles. The molecule has 0 radical (unpaired) electrons. The number of nitrogens with one attached hydrogen (secondary N) is 1. The first kappa shape index (κ1) is 13.4. The Morgan fingerprint density at radius 1 is 1.33 bits per heavy atom. The molecule has 1 saturated heterocycles. The van der Waals surface area contributed by atoms with Gasteiger partial charge in [0, 0.05) is 18.7 Å². The van der Waals surface area contributed by atoms with Gasteiger partial charge in [-0.3, -0.25) is 9.59 Å². The average molecular weight is 288 g/mol. The number of hydrogen-bond acceptors (Lipinski definition) is 3. The van der Waals surface area contributed by atoms with Crippen LogP contribution in [0.4, 0.5) is 10.1 Å². The smallest absolute Gasteiger partial charge is 0.287 e. The van der Waals surface area contributed by atoms with Crippen LogP contribution in [0.2, 0.25) is 0 Å². The van der Waals surface area contributed by atoms with E-state index in [2.05, 4.69) is 5.32 Å². The molecule has 1 aliphatic heterocycles. The van der Waals surface area contributed by atoms with Crippen molar-refractivity contribution in [3.63, 3.8) is 0 Å². The summed E-state index contributed by atoms with van der Waals surface area (Å²) < 4.78 is 18.2. The van der Waals surface area contributed by atoms with E-state index in [-0.39, 0.29) is 30.0 Å². The lowest BCUT2D eigenvalue weighted by Crippen LogP contribution is -2.37.